The van der Waals surface area contributed by atoms with Crippen molar-refractivity contribution in [1.82, 2.24) is 5.43 Å². The fourth-order valence-electron chi connectivity index (χ4n) is 2.03. The van der Waals surface area contributed by atoms with E-state index in [-0.39, 0.29) is 28.8 Å². The summed E-state index contributed by atoms with van der Waals surface area (Å²) in [5, 5.41) is 14.1. The van der Waals surface area contributed by atoms with E-state index in [1.807, 2.05) is 0 Å². The highest BCUT2D eigenvalue weighted by molar-refractivity contribution is 6.32. The van der Waals surface area contributed by atoms with Gasteiger partial charge >= 0.3 is 0 Å². The van der Waals surface area contributed by atoms with E-state index in [0.29, 0.717) is 21.9 Å². The van der Waals surface area contributed by atoms with Gasteiger partial charge in [-0.05, 0) is 41.5 Å². The minimum atomic E-state index is -0.344. The molecule has 0 radical (unpaired) electrons. The number of nitrogens with zero attached hydrogens (tertiary/aromatic N) is 1. The maximum atomic E-state index is 12.0. The van der Waals surface area contributed by atoms with Crippen LogP contribution in [0.4, 0.5) is 0 Å². The molecule has 0 aromatic heterocycles. The molecule has 6 nitrogen and oxygen atoms in total. The smallest absolute Gasteiger partial charge is 0.244 e. The molecule has 0 spiro atoms. The van der Waals surface area contributed by atoms with Gasteiger partial charge in [0, 0.05) is 5.02 Å². The second-order valence-electron chi connectivity index (χ2n) is 4.98. The van der Waals surface area contributed by atoms with Gasteiger partial charge < -0.3 is 14.6 Å². The summed E-state index contributed by atoms with van der Waals surface area (Å²) in [6.45, 7) is 0. The third-order valence-corrected chi connectivity index (χ3v) is 3.93. The Morgan fingerprint density at radius 3 is 2.64 bits per heavy atom. The minimum Gasteiger partial charge on any atom is -0.503 e. The average Bonchev–Trinajstić information content (AvgIpc) is 2.59. The molecule has 0 heterocycles. The Bertz CT molecular complexity index is 809. The van der Waals surface area contributed by atoms with Gasteiger partial charge in [-0.15, -0.1) is 0 Å². The second-order valence-corrected chi connectivity index (χ2v) is 5.80. The van der Waals surface area contributed by atoms with Crippen LogP contribution in [0, 0.1) is 0 Å². The standard InChI is InChI=1S/C17H16Cl2N2O4/c1-24-12-3-4-13(18)11(7-12)8-16(22)21-20-9-10-5-14(19)17(23)15(6-10)25-2/h3-7,9,23H,8H2,1-2H3,(H,21,22)/b20-9+. The zero-order chi connectivity index (χ0) is 18.4. The summed E-state index contributed by atoms with van der Waals surface area (Å²) < 4.78 is 10.1. The molecule has 0 unspecified atom stereocenters. The van der Waals surface area contributed by atoms with Crippen LogP contribution in [-0.4, -0.2) is 31.4 Å². The van der Waals surface area contributed by atoms with Gasteiger partial charge in [0.1, 0.15) is 5.75 Å². The maximum absolute atomic E-state index is 12.0. The molecule has 0 atom stereocenters. The van der Waals surface area contributed by atoms with Crippen molar-refractivity contribution in [2.45, 2.75) is 6.42 Å². The number of hydrogen-bond acceptors (Lipinski definition) is 5. The van der Waals surface area contributed by atoms with Crippen molar-refractivity contribution >= 4 is 35.3 Å². The van der Waals surface area contributed by atoms with Gasteiger partial charge in [-0.3, -0.25) is 4.79 Å². The van der Waals surface area contributed by atoms with Crippen LogP contribution in [-0.2, 0) is 11.2 Å². The molecular formula is C17H16Cl2N2O4. The number of amides is 1. The van der Waals surface area contributed by atoms with Gasteiger partial charge in [0.05, 0.1) is 31.9 Å². The number of benzene rings is 2. The maximum Gasteiger partial charge on any atom is 0.244 e. The lowest BCUT2D eigenvalue weighted by Gasteiger charge is -2.07. The fraction of sp³-hybridized carbons (Fsp3) is 0.176. The molecule has 2 aromatic carbocycles. The second kappa shape index (κ2) is 8.60. The SMILES string of the molecule is COc1ccc(Cl)c(CC(=O)N/N=C/c2cc(Cl)c(O)c(OC)c2)c1. The van der Waals surface area contributed by atoms with Crippen LogP contribution < -0.4 is 14.9 Å². The molecule has 2 rings (SSSR count). The molecule has 132 valence electrons. The predicted molar refractivity (Wildman–Crippen MR) is 97.1 cm³/mol. The Hall–Kier alpha value is -2.44. The first kappa shape index (κ1) is 18.9. The van der Waals surface area contributed by atoms with Crippen LogP contribution in [0.5, 0.6) is 17.2 Å². The number of phenolic OH excluding ortho intramolecular Hbond substituents is 1. The number of carbonyl (C=O) groups excluding carboxylic acids is 1. The van der Waals surface area contributed by atoms with Crippen LogP contribution in [0.25, 0.3) is 0 Å². The number of methoxy groups -OCH3 is 2. The molecule has 0 saturated carbocycles. The lowest BCUT2D eigenvalue weighted by Crippen LogP contribution is -2.20. The zero-order valence-electron chi connectivity index (χ0n) is 13.5. The number of aromatic hydroxyl groups is 1. The van der Waals surface area contributed by atoms with Crippen molar-refractivity contribution in [3.05, 3.63) is 51.5 Å². The monoisotopic (exact) mass is 382 g/mol. The average molecular weight is 383 g/mol. The first-order valence-corrected chi connectivity index (χ1v) is 7.91. The van der Waals surface area contributed by atoms with E-state index in [2.05, 4.69) is 10.5 Å². The number of hydrazone groups is 1. The van der Waals surface area contributed by atoms with E-state index >= 15 is 0 Å². The molecule has 0 bridgehead atoms. The van der Waals surface area contributed by atoms with E-state index in [4.69, 9.17) is 32.7 Å². The molecular weight excluding hydrogens is 367 g/mol. The quantitative estimate of drug-likeness (QED) is 0.592. The first-order chi connectivity index (χ1) is 11.9. The Morgan fingerprint density at radius 2 is 1.96 bits per heavy atom. The van der Waals surface area contributed by atoms with Gasteiger partial charge in [0.2, 0.25) is 5.91 Å². The largest absolute Gasteiger partial charge is 0.503 e. The number of nitrogens with one attached hydrogen (secondary N) is 1. The fourth-order valence-corrected chi connectivity index (χ4v) is 2.43. The summed E-state index contributed by atoms with van der Waals surface area (Å²) in [5.41, 5.74) is 3.58. The normalized spacial score (nSPS) is 10.7. The number of ether oxygens (including phenoxy) is 2. The van der Waals surface area contributed by atoms with E-state index < -0.39 is 0 Å². The third-order valence-electron chi connectivity index (χ3n) is 3.28. The van der Waals surface area contributed by atoms with Crippen LogP contribution in [0.15, 0.2) is 35.4 Å². The van der Waals surface area contributed by atoms with E-state index in [0.717, 1.165) is 0 Å². The molecule has 0 fully saturated rings. The van der Waals surface area contributed by atoms with E-state index in [9.17, 15) is 9.90 Å². The van der Waals surface area contributed by atoms with Crippen LogP contribution in [0.2, 0.25) is 10.0 Å². The van der Waals surface area contributed by atoms with Crippen molar-refractivity contribution in [3.8, 4) is 17.2 Å². The Labute approximate surface area is 155 Å². The predicted octanol–water partition coefficient (Wildman–Crippen LogP) is 3.41. The van der Waals surface area contributed by atoms with Crippen molar-refractivity contribution in [3.63, 3.8) is 0 Å². The summed E-state index contributed by atoms with van der Waals surface area (Å²) >= 11 is 12.0. The highest BCUT2D eigenvalue weighted by Gasteiger charge is 2.09. The Balaban J connectivity index is 2.03. The van der Waals surface area contributed by atoms with Gasteiger partial charge in [0.15, 0.2) is 11.5 Å². The molecule has 0 aliphatic heterocycles. The van der Waals surface area contributed by atoms with Gasteiger partial charge in [-0.1, -0.05) is 23.2 Å². The minimum absolute atomic E-state index is 0.0486. The van der Waals surface area contributed by atoms with Gasteiger partial charge in [0.25, 0.3) is 0 Å². The lowest BCUT2D eigenvalue weighted by atomic mass is 10.1. The molecule has 8 heteroatoms. The molecule has 0 aliphatic rings. The number of rotatable bonds is 6. The van der Waals surface area contributed by atoms with Crippen LogP contribution in [0.3, 0.4) is 0 Å². The zero-order valence-corrected chi connectivity index (χ0v) is 15.1. The summed E-state index contributed by atoms with van der Waals surface area (Å²) in [4.78, 5) is 12.0. The first-order valence-electron chi connectivity index (χ1n) is 7.15. The molecule has 0 saturated heterocycles. The van der Waals surface area contributed by atoms with Crippen molar-refractivity contribution in [2.24, 2.45) is 5.10 Å². The van der Waals surface area contributed by atoms with Gasteiger partial charge in [-0.2, -0.15) is 5.10 Å². The highest BCUT2D eigenvalue weighted by Crippen LogP contribution is 2.34. The molecule has 2 N–H and O–H groups in total. The summed E-state index contributed by atoms with van der Waals surface area (Å²) in [6.07, 6.45) is 1.44. The topological polar surface area (TPSA) is 80.2 Å². The lowest BCUT2D eigenvalue weighted by molar-refractivity contribution is -0.120. The number of hydrogen-bond donors (Lipinski definition) is 2. The molecule has 0 aliphatic carbocycles. The van der Waals surface area contributed by atoms with Crippen molar-refractivity contribution in [1.29, 1.82) is 0 Å². The van der Waals surface area contributed by atoms with E-state index in [1.54, 1.807) is 18.2 Å². The van der Waals surface area contributed by atoms with E-state index in [1.165, 1.54) is 32.6 Å². The molecule has 2 aromatic rings. The summed E-state index contributed by atoms with van der Waals surface area (Å²) in [6, 6.07) is 8.10. The molecule has 25 heavy (non-hydrogen) atoms. The van der Waals surface area contributed by atoms with Crippen molar-refractivity contribution < 1.29 is 19.4 Å². The van der Waals surface area contributed by atoms with Crippen LogP contribution in [0.1, 0.15) is 11.1 Å². The third kappa shape index (κ3) is 5.01. The Morgan fingerprint density at radius 1 is 1.20 bits per heavy atom. The Kier molecular flexibility index (Phi) is 6.50. The number of phenols is 1. The van der Waals surface area contributed by atoms with Crippen LogP contribution >= 0.6 is 23.2 Å². The number of halogens is 2. The van der Waals surface area contributed by atoms with Crippen molar-refractivity contribution in [2.75, 3.05) is 14.2 Å². The highest BCUT2D eigenvalue weighted by atomic mass is 35.5. The summed E-state index contributed by atoms with van der Waals surface area (Å²) in [5.74, 6) is 0.325. The summed E-state index contributed by atoms with van der Waals surface area (Å²) in [7, 11) is 2.94. The number of carbonyl (C=O) groups is 1. The molecule has 1 amide bonds. The van der Waals surface area contributed by atoms with Gasteiger partial charge in [-0.25, -0.2) is 5.43 Å².